The van der Waals surface area contributed by atoms with Gasteiger partial charge in [-0.15, -0.1) is 0 Å². The summed E-state index contributed by atoms with van der Waals surface area (Å²) in [7, 11) is 0. The molecule has 13 heavy (non-hydrogen) atoms. The molecule has 0 aliphatic rings. The van der Waals surface area contributed by atoms with Gasteiger partial charge in [0.05, 0.1) is 12.7 Å². The van der Waals surface area contributed by atoms with Crippen LogP contribution in [-0.4, -0.2) is 22.9 Å². The molecule has 0 saturated heterocycles. The molecule has 0 rings (SSSR count). The third kappa shape index (κ3) is 3.75. The van der Waals surface area contributed by atoms with Crippen LogP contribution in [0.25, 0.3) is 0 Å². The Labute approximate surface area is 80.6 Å². The van der Waals surface area contributed by atoms with Crippen LogP contribution in [0.3, 0.4) is 0 Å². The third-order valence-electron chi connectivity index (χ3n) is 2.10. The van der Waals surface area contributed by atoms with Gasteiger partial charge in [0.15, 0.2) is 0 Å². The second-order valence-electron chi connectivity index (χ2n) is 3.49. The van der Waals surface area contributed by atoms with E-state index in [1.54, 1.807) is 6.08 Å². The first-order valence-electron chi connectivity index (χ1n) is 4.71. The van der Waals surface area contributed by atoms with Crippen LogP contribution in [0, 0.1) is 5.92 Å². The second-order valence-corrected chi connectivity index (χ2v) is 3.49. The van der Waals surface area contributed by atoms with Gasteiger partial charge >= 0.3 is 0 Å². The van der Waals surface area contributed by atoms with Gasteiger partial charge in [0.1, 0.15) is 0 Å². The molecule has 2 heteroatoms. The van der Waals surface area contributed by atoms with E-state index in [2.05, 4.69) is 6.58 Å². The predicted molar refractivity (Wildman–Crippen MR) is 55.4 cm³/mol. The zero-order chi connectivity index (χ0) is 10.4. The maximum Gasteiger partial charge on any atom is 0.0813 e. The van der Waals surface area contributed by atoms with Crippen LogP contribution in [0.15, 0.2) is 23.8 Å². The van der Waals surface area contributed by atoms with Gasteiger partial charge in [0.2, 0.25) is 0 Å². The molecular weight excluding hydrogens is 164 g/mol. The monoisotopic (exact) mass is 184 g/mol. The highest BCUT2D eigenvalue weighted by atomic mass is 16.3. The van der Waals surface area contributed by atoms with E-state index in [9.17, 15) is 5.11 Å². The fourth-order valence-electron chi connectivity index (χ4n) is 1.14. The van der Waals surface area contributed by atoms with Crippen molar-refractivity contribution in [2.45, 2.75) is 33.3 Å². The fraction of sp³-hybridized carbons (Fsp3) is 0.636. The van der Waals surface area contributed by atoms with Crippen LogP contribution in [0.5, 0.6) is 0 Å². The van der Waals surface area contributed by atoms with E-state index < -0.39 is 6.10 Å². The molecule has 0 fully saturated rings. The molecule has 2 nitrogen and oxygen atoms in total. The molecule has 0 saturated carbocycles. The SMILES string of the molecule is C=C(CC)/C(=C/CO)C(O)C(C)C. The Balaban J connectivity index is 4.61. The Hall–Kier alpha value is -0.600. The van der Waals surface area contributed by atoms with Gasteiger partial charge in [-0.05, 0) is 23.5 Å². The molecule has 0 spiro atoms. The first-order valence-corrected chi connectivity index (χ1v) is 4.71. The summed E-state index contributed by atoms with van der Waals surface area (Å²) in [5, 5.41) is 18.6. The zero-order valence-corrected chi connectivity index (χ0v) is 8.75. The average Bonchev–Trinajstić information content (AvgIpc) is 2.11. The average molecular weight is 184 g/mol. The van der Waals surface area contributed by atoms with E-state index in [-0.39, 0.29) is 12.5 Å². The summed E-state index contributed by atoms with van der Waals surface area (Å²) in [5.41, 5.74) is 1.68. The normalized spacial score (nSPS) is 14.8. The molecule has 0 aliphatic carbocycles. The topological polar surface area (TPSA) is 40.5 Å². The van der Waals surface area contributed by atoms with Gasteiger partial charge in [-0.1, -0.05) is 33.4 Å². The second kappa shape index (κ2) is 5.95. The van der Waals surface area contributed by atoms with Crippen LogP contribution < -0.4 is 0 Å². The fourth-order valence-corrected chi connectivity index (χ4v) is 1.14. The number of rotatable bonds is 5. The van der Waals surface area contributed by atoms with E-state index in [0.717, 1.165) is 17.6 Å². The van der Waals surface area contributed by atoms with Crippen LogP contribution in [-0.2, 0) is 0 Å². The van der Waals surface area contributed by atoms with Gasteiger partial charge in [-0.3, -0.25) is 0 Å². The summed E-state index contributed by atoms with van der Waals surface area (Å²) in [6.07, 6.45) is 1.92. The van der Waals surface area contributed by atoms with Crippen molar-refractivity contribution < 1.29 is 10.2 Å². The molecule has 0 aromatic rings. The lowest BCUT2D eigenvalue weighted by Crippen LogP contribution is -2.19. The highest BCUT2D eigenvalue weighted by Gasteiger charge is 2.15. The van der Waals surface area contributed by atoms with Gasteiger partial charge in [0.25, 0.3) is 0 Å². The molecular formula is C11H20O2. The van der Waals surface area contributed by atoms with E-state index >= 15 is 0 Å². The van der Waals surface area contributed by atoms with Crippen molar-refractivity contribution in [2.24, 2.45) is 5.92 Å². The lowest BCUT2D eigenvalue weighted by Gasteiger charge is -2.19. The van der Waals surface area contributed by atoms with E-state index in [1.165, 1.54) is 0 Å². The van der Waals surface area contributed by atoms with Crippen molar-refractivity contribution in [3.8, 4) is 0 Å². The Morgan fingerprint density at radius 2 is 2.00 bits per heavy atom. The van der Waals surface area contributed by atoms with Crippen LogP contribution in [0.2, 0.25) is 0 Å². The number of aliphatic hydroxyl groups is 2. The van der Waals surface area contributed by atoms with Crippen molar-refractivity contribution in [3.63, 3.8) is 0 Å². The van der Waals surface area contributed by atoms with E-state index in [4.69, 9.17) is 5.11 Å². The number of aliphatic hydroxyl groups excluding tert-OH is 2. The number of hydrogen-bond acceptors (Lipinski definition) is 2. The highest BCUT2D eigenvalue weighted by molar-refractivity contribution is 5.31. The van der Waals surface area contributed by atoms with Crippen LogP contribution in [0.1, 0.15) is 27.2 Å². The molecule has 0 aliphatic heterocycles. The Kier molecular flexibility index (Phi) is 5.67. The molecule has 0 aromatic heterocycles. The molecule has 76 valence electrons. The minimum Gasteiger partial charge on any atom is -0.392 e. The molecule has 0 radical (unpaired) electrons. The maximum absolute atomic E-state index is 9.78. The molecule has 0 amide bonds. The summed E-state index contributed by atoms with van der Waals surface area (Å²) >= 11 is 0. The molecule has 0 heterocycles. The van der Waals surface area contributed by atoms with Gasteiger partial charge in [0, 0.05) is 0 Å². The van der Waals surface area contributed by atoms with Crippen molar-refractivity contribution >= 4 is 0 Å². The largest absolute Gasteiger partial charge is 0.392 e. The Morgan fingerprint density at radius 1 is 1.46 bits per heavy atom. The predicted octanol–water partition coefficient (Wildman–Crippen LogP) is 1.89. The first-order chi connectivity index (χ1) is 6.04. The van der Waals surface area contributed by atoms with Gasteiger partial charge < -0.3 is 10.2 Å². The van der Waals surface area contributed by atoms with Crippen LogP contribution >= 0.6 is 0 Å². The summed E-state index contributed by atoms with van der Waals surface area (Å²) in [6, 6.07) is 0. The summed E-state index contributed by atoms with van der Waals surface area (Å²) in [6.45, 7) is 9.69. The summed E-state index contributed by atoms with van der Waals surface area (Å²) in [4.78, 5) is 0. The lowest BCUT2D eigenvalue weighted by molar-refractivity contribution is 0.161. The minimum absolute atomic E-state index is 0.0435. The quantitative estimate of drug-likeness (QED) is 0.640. The third-order valence-corrected chi connectivity index (χ3v) is 2.10. The molecule has 2 N–H and O–H groups in total. The zero-order valence-electron chi connectivity index (χ0n) is 8.75. The molecule has 1 unspecified atom stereocenters. The first kappa shape index (κ1) is 12.4. The molecule has 1 atom stereocenters. The van der Waals surface area contributed by atoms with Crippen molar-refractivity contribution in [1.29, 1.82) is 0 Å². The van der Waals surface area contributed by atoms with Crippen molar-refractivity contribution in [1.82, 2.24) is 0 Å². The standard InChI is InChI=1S/C11H20O2/c1-5-9(4)10(6-7-12)11(13)8(2)3/h6,8,11-13H,4-5,7H2,1-3H3/b10-6-. The van der Waals surface area contributed by atoms with Gasteiger partial charge in [-0.25, -0.2) is 0 Å². The maximum atomic E-state index is 9.78. The van der Waals surface area contributed by atoms with Crippen LogP contribution in [0.4, 0.5) is 0 Å². The highest BCUT2D eigenvalue weighted by Crippen LogP contribution is 2.20. The van der Waals surface area contributed by atoms with Crippen molar-refractivity contribution in [2.75, 3.05) is 6.61 Å². The van der Waals surface area contributed by atoms with E-state index in [1.807, 2.05) is 20.8 Å². The Bertz CT molecular complexity index is 192. The number of hydrogen-bond donors (Lipinski definition) is 2. The van der Waals surface area contributed by atoms with Crippen molar-refractivity contribution in [3.05, 3.63) is 23.8 Å². The minimum atomic E-state index is -0.514. The van der Waals surface area contributed by atoms with Gasteiger partial charge in [-0.2, -0.15) is 0 Å². The Morgan fingerprint density at radius 3 is 2.31 bits per heavy atom. The summed E-state index contributed by atoms with van der Waals surface area (Å²) < 4.78 is 0. The molecule has 0 aromatic carbocycles. The molecule has 0 bridgehead atoms. The van der Waals surface area contributed by atoms with E-state index in [0.29, 0.717) is 0 Å². The smallest absolute Gasteiger partial charge is 0.0813 e. The lowest BCUT2D eigenvalue weighted by atomic mass is 9.92. The summed E-state index contributed by atoms with van der Waals surface area (Å²) in [5.74, 6) is 0.154.